The molecule has 0 spiro atoms. The number of hydrogen-bond acceptors (Lipinski definition) is 33. The Morgan fingerprint density at radius 3 is 0.922 bits per heavy atom. The molecule has 10 aromatic heterocycles. The summed E-state index contributed by atoms with van der Waals surface area (Å²) in [5.41, 5.74) is 10.4. The van der Waals surface area contributed by atoms with Gasteiger partial charge in [0.05, 0.1) is 69.2 Å². The van der Waals surface area contributed by atoms with Crippen molar-refractivity contribution in [2.45, 2.75) is 197 Å². The molecule has 10 amide bonds. The summed E-state index contributed by atoms with van der Waals surface area (Å²) in [6, 6.07) is 12.7. The Labute approximate surface area is 811 Å². The molecule has 0 radical (unpaired) electrons. The summed E-state index contributed by atoms with van der Waals surface area (Å²) >= 11 is 0. The van der Waals surface area contributed by atoms with E-state index in [2.05, 4.69) is 151 Å². The van der Waals surface area contributed by atoms with Gasteiger partial charge >= 0.3 is 0 Å². The Bertz CT molecular complexity index is 6770. The number of carbonyl (C=O) groups excluding carboxylic acids is 10. The Morgan fingerprint density at radius 2 is 0.603 bits per heavy atom. The van der Waals surface area contributed by atoms with Crippen LogP contribution in [0.2, 0.25) is 0 Å². The molecule has 141 heavy (non-hydrogen) atoms. The maximum atomic E-state index is 12.0. The van der Waals surface area contributed by atoms with E-state index in [1.165, 1.54) is 77.4 Å². The van der Waals surface area contributed by atoms with Crippen LogP contribution in [0.3, 0.4) is 0 Å². The first-order chi connectivity index (χ1) is 68.5. The van der Waals surface area contributed by atoms with Gasteiger partial charge in [-0.1, -0.05) is 0 Å². The third-order valence-corrected chi connectivity index (χ3v) is 27.6. The molecule has 5 saturated carbocycles. The van der Waals surface area contributed by atoms with Gasteiger partial charge < -0.3 is 66.0 Å². The summed E-state index contributed by atoms with van der Waals surface area (Å²) in [5, 5.41) is 61.7. The van der Waals surface area contributed by atoms with Crippen LogP contribution in [0.25, 0.3) is 58.6 Å². The number of carbonyl (C=O) groups is 10. The number of aromatic nitrogens is 15. The highest BCUT2D eigenvalue weighted by Crippen LogP contribution is 2.38. The minimum atomic E-state index is -0.365. The summed E-state index contributed by atoms with van der Waals surface area (Å²) < 4.78 is 8.93. The van der Waals surface area contributed by atoms with Crippen molar-refractivity contribution < 1.29 is 53.1 Å². The van der Waals surface area contributed by atoms with E-state index in [1.54, 1.807) is 79.4 Å². The first-order valence-electron chi connectivity index (χ1n) is 49.8. The Morgan fingerprint density at radius 1 is 0.319 bits per heavy atom. The number of nitrogens with one attached hydrogen (secondary N) is 10. The zero-order valence-electron chi connectivity index (χ0n) is 79.3. The number of aryl methyl sites for hydroxylation is 1. The van der Waals surface area contributed by atoms with Crippen LogP contribution in [0, 0.1) is 0 Å². The van der Waals surface area contributed by atoms with Crippen molar-refractivity contribution in [2.75, 3.05) is 158 Å². The third-order valence-electron chi connectivity index (χ3n) is 27.6. The number of piperidine rings is 1. The number of likely N-dealkylation sites (tertiary alicyclic amines) is 1. The summed E-state index contributed by atoms with van der Waals surface area (Å²) in [4.78, 5) is 158. The molecule has 1 unspecified atom stereocenters. The van der Waals surface area contributed by atoms with E-state index in [4.69, 9.17) is 24.9 Å². The molecule has 43 nitrogen and oxygen atoms in total. The molecule has 15 fully saturated rings. The normalized spacial score (nSPS) is 22.4. The molecule has 25 rings (SSSR count). The van der Waals surface area contributed by atoms with Crippen molar-refractivity contribution in [3.8, 4) is 0 Å². The summed E-state index contributed by atoms with van der Waals surface area (Å²) in [6.45, 7) is 14.8. The zero-order valence-corrected chi connectivity index (χ0v) is 79.3. The molecule has 10 aromatic rings. The molecule has 43 heteroatoms. The van der Waals surface area contributed by atoms with Crippen LogP contribution in [0.15, 0.2) is 89.2 Å². The third kappa shape index (κ3) is 22.2. The molecule has 15 aliphatic rings. The first-order valence-corrected chi connectivity index (χ1v) is 49.8. The van der Waals surface area contributed by atoms with Gasteiger partial charge in [-0.3, -0.25) is 74.5 Å². The first kappa shape index (κ1) is 92.9. The smallest absolute Gasteiger partial charge is 0.254 e. The SMILES string of the molecule is CN1CCCN(c2cc(NC3CC3)n3ncc(/C=C4\CC(=O)NC4=O)c3n2)CC1.CN1CCN(c2cc(NC3CC3)n3ncc(/C=C4\CC(=O)NC4=O)c3n2)CC1.O=C1C/C(=C\c2cnn3c(NC4CC4)cc(CCCCN4CCCC4)nc23)C(=O)N1.O=C1C/C(=C\c2cnn3c(NC4CC4)cc(N4CCCC(O)C4)nc23)C(=O)N1.O=C1C/C(=C\c2cnn3c(NC4CC4)cc(N4CCCC4)nc23)C(=O)N1. The van der Waals surface area contributed by atoms with Gasteiger partial charge in [0.2, 0.25) is 29.5 Å². The Hall–Kier alpha value is -14.5. The van der Waals surface area contributed by atoms with Crippen LogP contribution < -0.4 is 72.8 Å². The molecule has 1 atom stereocenters. The average molecular weight is 1920 g/mol. The molecule has 0 aromatic carbocycles. The standard InChI is InChI=1S/C22H28N6O2.C20H25N7O2.C19H23N7O2.C19H22N6O3.C18H20N6O2/c29-20-12-15(22(30)26-20)11-16-14-23-28-19(24-17-6-7-17)13-18(25-21(16)28)5-1-2-8-27-9-3-4-10-27;1-25-5-2-6-26(8-7-25)16-11-17(22-15-3-4-15)27-19(23-16)14(12-21-27)9-13-10-18(28)24-20(13)29;1-24-4-6-25(7-5-24)15-10-16(21-14-2-3-14)26-18(22-15)13(11-20-26)8-12-9-17(27)23-19(12)28;26-14-2-1-5-24(10-14)15-8-16(21-13-3-4-13)25-18(22-15)12(9-20-25)6-11-7-17(27)23-19(11)28;25-16-8-11(18(26)22-16)7-12-10-19-24-15(20-13-3-4-13)9-14(21-17(12)24)23-5-1-2-6-23/h11,13-14,17,24H,1-10,12H2,(H,26,29,30);9,11-12,15,22H,2-8,10H2,1H3,(H,24,28,29);8,10-11,14,21H,2-7,9H2,1H3,(H,23,27,28);6,8-9,13-14,21,26H,1-5,7,10H2,(H,23,27,28);7,9-10,13,20H,1-6,8H2,(H,22,25,26)/b15-11+;13-9+;12-8+;11-6+;11-7+. The second-order valence-corrected chi connectivity index (χ2v) is 39.4. The predicted octanol–water partition coefficient (Wildman–Crippen LogP) is 5.54. The molecule has 20 heterocycles. The number of hydrogen-bond donors (Lipinski definition) is 11. The van der Waals surface area contributed by atoms with E-state index < -0.39 is 0 Å². The van der Waals surface area contributed by atoms with Crippen molar-refractivity contribution in [2.24, 2.45) is 0 Å². The van der Waals surface area contributed by atoms with Crippen molar-refractivity contribution in [3.05, 3.63) is 123 Å². The number of anilines is 9. The topological polar surface area (TPSA) is 485 Å². The van der Waals surface area contributed by atoms with E-state index >= 15 is 0 Å². The summed E-state index contributed by atoms with van der Waals surface area (Å²) in [7, 11) is 4.28. The second-order valence-electron chi connectivity index (χ2n) is 39.4. The maximum Gasteiger partial charge on any atom is 0.254 e. The molecule has 736 valence electrons. The molecular weight excluding hydrogens is 1800 g/mol. The fraction of sp³-hybridized carbons (Fsp3) is 0.490. The van der Waals surface area contributed by atoms with E-state index in [9.17, 15) is 53.1 Å². The van der Waals surface area contributed by atoms with Gasteiger partial charge in [0.15, 0.2) is 28.2 Å². The molecule has 10 saturated heterocycles. The zero-order chi connectivity index (χ0) is 96.6. The highest BCUT2D eigenvalue weighted by Gasteiger charge is 2.36. The quantitative estimate of drug-likeness (QED) is 0.0201. The van der Waals surface area contributed by atoms with Gasteiger partial charge in [0.25, 0.3) is 29.5 Å². The lowest BCUT2D eigenvalue weighted by Gasteiger charge is -2.33. The lowest BCUT2D eigenvalue weighted by Crippen LogP contribution is -2.44. The van der Waals surface area contributed by atoms with E-state index in [0.29, 0.717) is 92.8 Å². The Balaban J connectivity index is 0.000000105. The van der Waals surface area contributed by atoms with Crippen LogP contribution in [0.4, 0.5) is 52.4 Å². The number of aliphatic hydroxyl groups is 1. The fourth-order valence-electron chi connectivity index (χ4n) is 19.0. The highest BCUT2D eigenvalue weighted by atomic mass is 16.3. The van der Waals surface area contributed by atoms with Gasteiger partial charge in [0, 0.05) is 194 Å². The van der Waals surface area contributed by atoms with Gasteiger partial charge in [-0.25, -0.2) is 24.9 Å². The van der Waals surface area contributed by atoms with Gasteiger partial charge in [-0.15, -0.1) is 0 Å². The van der Waals surface area contributed by atoms with Crippen LogP contribution in [0.1, 0.15) is 188 Å². The van der Waals surface area contributed by atoms with Crippen molar-refractivity contribution in [3.63, 3.8) is 0 Å². The molecule has 0 bridgehead atoms. The van der Waals surface area contributed by atoms with Crippen molar-refractivity contribution in [1.82, 2.24) is 114 Å². The van der Waals surface area contributed by atoms with Crippen LogP contribution in [-0.4, -0.2) is 300 Å². The minimum absolute atomic E-state index is 0.0708. The molecule has 5 aliphatic carbocycles. The number of rotatable bonds is 24. The number of piperazine rings is 1. The number of likely N-dealkylation sites (N-methyl/N-ethyl adjacent to an activating group) is 2. The van der Waals surface area contributed by atoms with E-state index in [1.807, 2.05) is 10.6 Å². The van der Waals surface area contributed by atoms with Crippen LogP contribution in [0.5, 0.6) is 0 Å². The van der Waals surface area contributed by atoms with Crippen LogP contribution >= 0.6 is 0 Å². The highest BCUT2D eigenvalue weighted by molar-refractivity contribution is 6.19. The largest absolute Gasteiger partial charge is 0.391 e. The summed E-state index contributed by atoms with van der Waals surface area (Å²) in [5.74, 6) is 5.06. The summed E-state index contributed by atoms with van der Waals surface area (Å²) in [6.07, 6.45) is 39.9. The number of fused-ring (bicyclic) bond motifs is 5. The molecule has 11 N–H and O–H groups in total. The van der Waals surface area contributed by atoms with Gasteiger partial charge in [-0.2, -0.15) is 48.1 Å². The lowest BCUT2D eigenvalue weighted by molar-refractivity contribution is -0.125. The van der Waals surface area contributed by atoms with E-state index in [0.717, 1.165) is 229 Å². The minimum Gasteiger partial charge on any atom is -0.391 e. The maximum absolute atomic E-state index is 12.0. The Kier molecular flexibility index (Phi) is 26.6. The number of nitrogens with zero attached hydrogens (tertiary/aromatic N) is 22. The van der Waals surface area contributed by atoms with Gasteiger partial charge in [0.1, 0.15) is 52.4 Å². The van der Waals surface area contributed by atoms with Gasteiger partial charge in [-0.05, 0) is 199 Å². The lowest BCUT2D eigenvalue weighted by atomic mass is 10.1. The number of imide groups is 5. The predicted molar refractivity (Wildman–Crippen MR) is 528 cm³/mol. The fourth-order valence-corrected chi connectivity index (χ4v) is 19.0. The monoisotopic (exact) mass is 1920 g/mol. The molecule has 10 aliphatic heterocycles. The number of aliphatic hydroxyl groups excluding tert-OH is 1. The van der Waals surface area contributed by atoms with E-state index in [-0.39, 0.29) is 97.3 Å². The van der Waals surface area contributed by atoms with Crippen LogP contribution in [-0.2, 0) is 54.4 Å². The number of unbranched alkanes of at least 4 members (excludes halogenated alkanes) is 1. The molecular formula is C98H118N32O11. The number of amides is 10. The number of β-amino-alcohol motifs (C(OH)–C–C–N with tert-alkyl or cyclic N) is 1. The van der Waals surface area contributed by atoms with Crippen molar-refractivity contribution >= 4 is 170 Å². The van der Waals surface area contributed by atoms with Crippen molar-refractivity contribution in [1.29, 1.82) is 0 Å². The average Bonchev–Trinajstić information content (AvgIpc) is 1.68. The second kappa shape index (κ2) is 40.4.